The predicted octanol–water partition coefficient (Wildman–Crippen LogP) is 1.85. The Hall–Kier alpha value is -2.11. The van der Waals surface area contributed by atoms with E-state index in [2.05, 4.69) is 15.6 Å². The second-order valence-corrected chi connectivity index (χ2v) is 3.80. The SMILES string of the molecule is O=C(O)CCCCCNC(=O)Nc1ccccn1. The lowest BCUT2D eigenvalue weighted by atomic mass is 10.2. The molecule has 0 aliphatic rings. The van der Waals surface area contributed by atoms with Gasteiger partial charge >= 0.3 is 12.0 Å². The molecule has 6 nitrogen and oxygen atoms in total. The van der Waals surface area contributed by atoms with Gasteiger partial charge in [-0.15, -0.1) is 0 Å². The van der Waals surface area contributed by atoms with Crippen molar-refractivity contribution in [1.29, 1.82) is 0 Å². The van der Waals surface area contributed by atoms with Gasteiger partial charge in [-0.1, -0.05) is 12.5 Å². The van der Waals surface area contributed by atoms with Crippen LogP contribution in [0, 0.1) is 0 Å². The van der Waals surface area contributed by atoms with Crippen molar-refractivity contribution in [3.05, 3.63) is 24.4 Å². The summed E-state index contributed by atoms with van der Waals surface area (Å²) in [5.41, 5.74) is 0. The van der Waals surface area contributed by atoms with Crippen molar-refractivity contribution in [2.75, 3.05) is 11.9 Å². The number of hydrogen-bond acceptors (Lipinski definition) is 3. The highest BCUT2D eigenvalue weighted by Gasteiger charge is 2.01. The molecular formula is C12H17N3O3. The molecule has 1 aromatic rings. The molecule has 0 unspecified atom stereocenters. The Balaban J connectivity index is 2.05. The van der Waals surface area contributed by atoms with E-state index in [1.165, 1.54) is 0 Å². The minimum Gasteiger partial charge on any atom is -0.481 e. The lowest BCUT2D eigenvalue weighted by Crippen LogP contribution is -2.29. The standard InChI is InChI=1S/C12H17N3O3/c16-11(17)7-2-1-4-9-14-12(18)15-10-6-3-5-8-13-10/h3,5-6,8H,1-2,4,7,9H2,(H,16,17)(H2,13,14,15,18). The molecule has 18 heavy (non-hydrogen) atoms. The number of nitrogens with one attached hydrogen (secondary N) is 2. The number of rotatable bonds is 7. The first-order valence-electron chi connectivity index (χ1n) is 5.86. The van der Waals surface area contributed by atoms with Crippen molar-refractivity contribution < 1.29 is 14.7 Å². The van der Waals surface area contributed by atoms with Crippen LogP contribution >= 0.6 is 0 Å². The average molecular weight is 251 g/mol. The summed E-state index contributed by atoms with van der Waals surface area (Å²) in [6.45, 7) is 0.526. The molecule has 0 radical (unpaired) electrons. The molecule has 0 fully saturated rings. The molecule has 6 heteroatoms. The first-order chi connectivity index (χ1) is 8.68. The molecule has 0 saturated carbocycles. The number of anilines is 1. The molecule has 0 aliphatic carbocycles. The van der Waals surface area contributed by atoms with Gasteiger partial charge in [0.1, 0.15) is 5.82 Å². The normalized spacial score (nSPS) is 9.78. The maximum Gasteiger partial charge on any atom is 0.320 e. The molecular weight excluding hydrogens is 234 g/mol. The summed E-state index contributed by atoms with van der Waals surface area (Å²) in [7, 11) is 0. The topological polar surface area (TPSA) is 91.3 Å². The van der Waals surface area contributed by atoms with E-state index in [0.717, 1.165) is 12.8 Å². The quantitative estimate of drug-likeness (QED) is 0.645. The minimum atomic E-state index is -0.782. The Kier molecular flexibility index (Phi) is 6.24. The first kappa shape index (κ1) is 14.0. The molecule has 0 saturated heterocycles. The fraction of sp³-hybridized carbons (Fsp3) is 0.417. The molecule has 3 N–H and O–H groups in total. The van der Waals surface area contributed by atoms with E-state index in [1.54, 1.807) is 24.4 Å². The van der Waals surface area contributed by atoms with Gasteiger partial charge in [-0.25, -0.2) is 9.78 Å². The van der Waals surface area contributed by atoms with Crippen LogP contribution in [0.15, 0.2) is 24.4 Å². The number of carbonyl (C=O) groups is 2. The highest BCUT2D eigenvalue weighted by atomic mass is 16.4. The van der Waals surface area contributed by atoms with Gasteiger partial charge in [0, 0.05) is 19.2 Å². The molecule has 0 atom stereocenters. The third-order valence-corrected chi connectivity index (χ3v) is 2.26. The second-order valence-electron chi connectivity index (χ2n) is 3.80. The Labute approximate surface area is 105 Å². The van der Waals surface area contributed by atoms with Crippen molar-refractivity contribution in [2.24, 2.45) is 0 Å². The van der Waals surface area contributed by atoms with Crippen LogP contribution in [0.4, 0.5) is 10.6 Å². The summed E-state index contributed by atoms with van der Waals surface area (Å²) in [6, 6.07) is 4.96. The van der Waals surface area contributed by atoms with E-state index >= 15 is 0 Å². The smallest absolute Gasteiger partial charge is 0.320 e. The second kappa shape index (κ2) is 8.05. The number of hydrogen-bond donors (Lipinski definition) is 3. The number of aromatic nitrogens is 1. The van der Waals surface area contributed by atoms with E-state index in [-0.39, 0.29) is 12.5 Å². The zero-order valence-corrected chi connectivity index (χ0v) is 10.1. The summed E-state index contributed by atoms with van der Waals surface area (Å²) < 4.78 is 0. The number of nitrogens with zero attached hydrogens (tertiary/aromatic N) is 1. The maximum absolute atomic E-state index is 11.4. The highest BCUT2D eigenvalue weighted by Crippen LogP contribution is 2.00. The van der Waals surface area contributed by atoms with Crippen molar-refractivity contribution in [1.82, 2.24) is 10.3 Å². The third kappa shape index (κ3) is 6.47. The van der Waals surface area contributed by atoms with Gasteiger partial charge in [0.15, 0.2) is 0 Å². The Morgan fingerprint density at radius 1 is 1.22 bits per heavy atom. The molecule has 0 spiro atoms. The van der Waals surface area contributed by atoms with Crippen molar-refractivity contribution in [2.45, 2.75) is 25.7 Å². The molecule has 2 amide bonds. The Morgan fingerprint density at radius 3 is 2.72 bits per heavy atom. The highest BCUT2D eigenvalue weighted by molar-refractivity contribution is 5.88. The van der Waals surface area contributed by atoms with Gasteiger partial charge in [-0.05, 0) is 25.0 Å². The molecule has 98 valence electrons. The zero-order chi connectivity index (χ0) is 13.2. The van der Waals surface area contributed by atoms with E-state index in [4.69, 9.17) is 5.11 Å². The van der Waals surface area contributed by atoms with Crippen molar-refractivity contribution >= 4 is 17.8 Å². The van der Waals surface area contributed by atoms with Crippen LogP contribution in [-0.2, 0) is 4.79 Å². The van der Waals surface area contributed by atoms with Gasteiger partial charge in [-0.2, -0.15) is 0 Å². The van der Waals surface area contributed by atoms with Crippen molar-refractivity contribution in [3.63, 3.8) is 0 Å². The minimum absolute atomic E-state index is 0.181. The molecule has 1 rings (SSSR count). The van der Waals surface area contributed by atoms with Crippen LogP contribution in [0.3, 0.4) is 0 Å². The number of carbonyl (C=O) groups excluding carboxylic acids is 1. The van der Waals surface area contributed by atoms with Gasteiger partial charge in [0.2, 0.25) is 0 Å². The van der Waals surface area contributed by atoms with Gasteiger partial charge in [0.25, 0.3) is 0 Å². The fourth-order valence-corrected chi connectivity index (χ4v) is 1.38. The van der Waals surface area contributed by atoms with Crippen LogP contribution in [-0.4, -0.2) is 28.6 Å². The molecule has 0 bridgehead atoms. The lowest BCUT2D eigenvalue weighted by molar-refractivity contribution is -0.137. The van der Waals surface area contributed by atoms with Crippen molar-refractivity contribution in [3.8, 4) is 0 Å². The van der Waals surface area contributed by atoms with E-state index < -0.39 is 5.97 Å². The van der Waals surface area contributed by atoms with Crippen LogP contribution in [0.2, 0.25) is 0 Å². The van der Waals surface area contributed by atoms with Crippen LogP contribution in [0.25, 0.3) is 0 Å². The zero-order valence-electron chi connectivity index (χ0n) is 10.1. The van der Waals surface area contributed by atoms with E-state index in [9.17, 15) is 9.59 Å². The number of aliphatic carboxylic acids is 1. The van der Waals surface area contributed by atoms with Gasteiger partial charge in [0.05, 0.1) is 0 Å². The van der Waals surface area contributed by atoms with E-state index in [0.29, 0.717) is 18.8 Å². The summed E-state index contributed by atoms with van der Waals surface area (Å²) in [6.07, 6.45) is 3.97. The molecule has 1 heterocycles. The fourth-order valence-electron chi connectivity index (χ4n) is 1.38. The third-order valence-electron chi connectivity index (χ3n) is 2.26. The summed E-state index contributed by atoms with van der Waals surface area (Å²) in [5, 5.41) is 13.7. The summed E-state index contributed by atoms with van der Waals surface area (Å²) in [4.78, 5) is 25.6. The number of carboxylic acid groups (broad SMARTS) is 1. The Morgan fingerprint density at radius 2 is 2.06 bits per heavy atom. The lowest BCUT2D eigenvalue weighted by Gasteiger charge is -2.06. The number of carboxylic acids is 1. The van der Waals surface area contributed by atoms with Crippen LogP contribution in [0.5, 0.6) is 0 Å². The van der Waals surface area contributed by atoms with Crippen LogP contribution in [0.1, 0.15) is 25.7 Å². The summed E-state index contributed by atoms with van der Waals surface area (Å²) in [5.74, 6) is -0.281. The largest absolute Gasteiger partial charge is 0.481 e. The number of pyridine rings is 1. The summed E-state index contributed by atoms with van der Waals surface area (Å²) >= 11 is 0. The maximum atomic E-state index is 11.4. The number of amides is 2. The van der Waals surface area contributed by atoms with Crippen LogP contribution < -0.4 is 10.6 Å². The molecule has 1 aromatic heterocycles. The molecule has 0 aliphatic heterocycles. The first-order valence-corrected chi connectivity index (χ1v) is 5.86. The monoisotopic (exact) mass is 251 g/mol. The average Bonchev–Trinajstić information content (AvgIpc) is 2.34. The van der Waals surface area contributed by atoms with E-state index in [1.807, 2.05) is 0 Å². The molecule has 0 aromatic carbocycles. The predicted molar refractivity (Wildman–Crippen MR) is 67.4 cm³/mol. The van der Waals surface area contributed by atoms with Gasteiger partial charge in [-0.3, -0.25) is 10.1 Å². The number of urea groups is 1. The number of unbranched alkanes of at least 4 members (excludes halogenated alkanes) is 2. The van der Waals surface area contributed by atoms with Gasteiger partial charge < -0.3 is 10.4 Å². The Bertz CT molecular complexity index is 381.